The predicted molar refractivity (Wildman–Crippen MR) is 77.9 cm³/mol. The molecular formula is C13H18N2O5S. The van der Waals surface area contributed by atoms with Crippen LogP contribution in [0.25, 0.3) is 0 Å². The van der Waals surface area contributed by atoms with Crippen LogP contribution in [-0.4, -0.2) is 57.0 Å². The molecule has 2 rings (SSSR count). The smallest absolute Gasteiger partial charge is 0.407 e. The summed E-state index contributed by atoms with van der Waals surface area (Å²) in [5, 5.41) is 8.92. The number of piperazine rings is 1. The lowest BCUT2D eigenvalue weighted by Crippen LogP contribution is -2.48. The zero-order chi connectivity index (χ0) is 15.5. The second-order valence-corrected chi connectivity index (χ2v) is 6.54. The van der Waals surface area contributed by atoms with Crippen molar-refractivity contribution in [2.24, 2.45) is 0 Å². The Hall–Kier alpha value is -1.80. The molecule has 1 fully saturated rings. The van der Waals surface area contributed by atoms with E-state index in [0.717, 1.165) is 17.5 Å². The highest BCUT2D eigenvalue weighted by atomic mass is 32.2. The fourth-order valence-electron chi connectivity index (χ4n) is 2.17. The minimum Gasteiger partial charge on any atom is -0.465 e. The van der Waals surface area contributed by atoms with Gasteiger partial charge in [-0.25, -0.2) is 4.79 Å². The minimum absolute atomic E-state index is 0.00175. The van der Waals surface area contributed by atoms with Crippen LogP contribution in [0.4, 0.5) is 10.5 Å². The molecule has 1 aromatic rings. The van der Waals surface area contributed by atoms with Gasteiger partial charge in [0.05, 0.1) is 12.9 Å². The minimum atomic E-state index is -3.46. The lowest BCUT2D eigenvalue weighted by atomic mass is 10.2. The predicted octanol–water partition coefficient (Wildman–Crippen LogP) is 0.963. The van der Waals surface area contributed by atoms with Gasteiger partial charge >= 0.3 is 6.09 Å². The first-order chi connectivity index (χ1) is 9.85. The molecular weight excluding hydrogens is 296 g/mol. The normalized spacial score (nSPS) is 16.0. The molecule has 0 radical (unpaired) electrons. The summed E-state index contributed by atoms with van der Waals surface area (Å²) < 4.78 is 26.8. The quantitative estimate of drug-likeness (QED) is 0.833. The highest BCUT2D eigenvalue weighted by Gasteiger charge is 2.20. The van der Waals surface area contributed by atoms with Crippen molar-refractivity contribution in [3.63, 3.8) is 0 Å². The Bertz CT molecular complexity index is 609. The maximum Gasteiger partial charge on any atom is 0.407 e. The van der Waals surface area contributed by atoms with E-state index in [-0.39, 0.29) is 6.61 Å². The summed E-state index contributed by atoms with van der Waals surface area (Å²) in [6, 6.07) is 7.41. The van der Waals surface area contributed by atoms with Crippen LogP contribution in [0.3, 0.4) is 0 Å². The topological polar surface area (TPSA) is 87.2 Å². The molecule has 0 bridgehead atoms. The number of amides is 1. The van der Waals surface area contributed by atoms with Crippen LogP contribution >= 0.6 is 0 Å². The van der Waals surface area contributed by atoms with Gasteiger partial charge in [-0.3, -0.25) is 4.18 Å². The Morgan fingerprint density at radius 2 is 1.95 bits per heavy atom. The second-order valence-electron chi connectivity index (χ2n) is 4.89. The number of anilines is 1. The van der Waals surface area contributed by atoms with Crippen LogP contribution in [0.2, 0.25) is 0 Å². The van der Waals surface area contributed by atoms with E-state index in [2.05, 4.69) is 4.90 Å². The van der Waals surface area contributed by atoms with Crippen molar-refractivity contribution in [3.05, 3.63) is 29.8 Å². The third-order valence-electron chi connectivity index (χ3n) is 3.27. The molecule has 0 aromatic heterocycles. The van der Waals surface area contributed by atoms with Crippen LogP contribution < -0.4 is 4.90 Å². The van der Waals surface area contributed by atoms with Crippen molar-refractivity contribution in [3.8, 4) is 0 Å². The molecule has 8 heteroatoms. The number of nitrogens with zero attached hydrogens (tertiary/aromatic N) is 2. The van der Waals surface area contributed by atoms with Crippen molar-refractivity contribution in [1.82, 2.24) is 4.90 Å². The van der Waals surface area contributed by atoms with E-state index in [4.69, 9.17) is 9.29 Å². The van der Waals surface area contributed by atoms with E-state index in [9.17, 15) is 13.2 Å². The van der Waals surface area contributed by atoms with E-state index in [1.165, 1.54) is 4.90 Å². The molecule has 1 saturated heterocycles. The summed E-state index contributed by atoms with van der Waals surface area (Å²) in [6.45, 7) is 2.14. The number of carboxylic acid groups (broad SMARTS) is 1. The molecule has 1 amide bonds. The fourth-order valence-corrected chi connectivity index (χ4v) is 2.52. The van der Waals surface area contributed by atoms with Gasteiger partial charge in [-0.2, -0.15) is 8.42 Å². The van der Waals surface area contributed by atoms with Crippen molar-refractivity contribution >= 4 is 21.9 Å². The van der Waals surface area contributed by atoms with Gasteiger partial charge < -0.3 is 14.9 Å². The maximum absolute atomic E-state index is 11.0. The Labute approximate surface area is 123 Å². The largest absolute Gasteiger partial charge is 0.465 e. The Kier molecular flexibility index (Phi) is 4.69. The molecule has 0 spiro atoms. The molecule has 1 aliphatic rings. The molecule has 1 N–H and O–H groups in total. The van der Waals surface area contributed by atoms with E-state index < -0.39 is 16.2 Å². The summed E-state index contributed by atoms with van der Waals surface area (Å²) in [4.78, 5) is 14.3. The Morgan fingerprint density at radius 1 is 1.29 bits per heavy atom. The molecule has 0 atom stereocenters. The third kappa shape index (κ3) is 4.61. The van der Waals surface area contributed by atoms with Crippen LogP contribution in [0.15, 0.2) is 24.3 Å². The van der Waals surface area contributed by atoms with Gasteiger partial charge in [0.25, 0.3) is 10.1 Å². The highest BCUT2D eigenvalue weighted by molar-refractivity contribution is 7.85. The summed E-state index contributed by atoms with van der Waals surface area (Å²) in [5.41, 5.74) is 1.70. The third-order valence-corrected chi connectivity index (χ3v) is 3.81. The average Bonchev–Trinajstić information content (AvgIpc) is 2.45. The molecule has 7 nitrogen and oxygen atoms in total. The number of hydrogen-bond acceptors (Lipinski definition) is 5. The fraction of sp³-hybridized carbons (Fsp3) is 0.462. The molecule has 1 heterocycles. The molecule has 1 aliphatic heterocycles. The average molecular weight is 314 g/mol. The summed E-state index contributed by atoms with van der Waals surface area (Å²) >= 11 is 0. The first kappa shape index (κ1) is 15.6. The molecule has 116 valence electrons. The van der Waals surface area contributed by atoms with E-state index in [1.54, 1.807) is 6.07 Å². The van der Waals surface area contributed by atoms with Crippen molar-refractivity contribution in [1.29, 1.82) is 0 Å². The van der Waals surface area contributed by atoms with Crippen LogP contribution in [0.1, 0.15) is 5.56 Å². The van der Waals surface area contributed by atoms with Crippen molar-refractivity contribution in [2.75, 3.05) is 37.3 Å². The Morgan fingerprint density at radius 3 is 2.52 bits per heavy atom. The van der Waals surface area contributed by atoms with Crippen LogP contribution in [0.5, 0.6) is 0 Å². The van der Waals surface area contributed by atoms with Crippen molar-refractivity contribution in [2.45, 2.75) is 6.61 Å². The molecule has 0 aliphatic carbocycles. The number of benzene rings is 1. The molecule has 21 heavy (non-hydrogen) atoms. The van der Waals surface area contributed by atoms with E-state index >= 15 is 0 Å². The maximum atomic E-state index is 11.0. The van der Waals surface area contributed by atoms with Gasteiger partial charge in [0.2, 0.25) is 0 Å². The zero-order valence-corrected chi connectivity index (χ0v) is 12.5. The van der Waals surface area contributed by atoms with Gasteiger partial charge in [-0.15, -0.1) is 0 Å². The van der Waals surface area contributed by atoms with Gasteiger partial charge in [0.1, 0.15) is 0 Å². The molecule has 1 aromatic carbocycles. The highest BCUT2D eigenvalue weighted by Crippen LogP contribution is 2.19. The van der Waals surface area contributed by atoms with Gasteiger partial charge in [-0.05, 0) is 17.7 Å². The Balaban J connectivity index is 2.00. The number of rotatable bonds is 4. The van der Waals surface area contributed by atoms with E-state index in [1.807, 2.05) is 18.2 Å². The van der Waals surface area contributed by atoms with Gasteiger partial charge in [0, 0.05) is 31.9 Å². The summed E-state index contributed by atoms with van der Waals surface area (Å²) in [5.74, 6) is 0. The van der Waals surface area contributed by atoms with Crippen LogP contribution in [0, 0.1) is 0 Å². The van der Waals surface area contributed by atoms with Crippen molar-refractivity contribution < 1.29 is 22.5 Å². The first-order valence-corrected chi connectivity index (χ1v) is 8.33. The standard InChI is InChI=1S/C13H18N2O5S/c1-21(18,19)20-10-11-3-2-4-12(9-11)14-5-7-15(8-6-14)13(16)17/h2-4,9H,5-8,10H2,1H3,(H,16,17). The monoisotopic (exact) mass is 314 g/mol. The number of hydrogen-bond donors (Lipinski definition) is 1. The van der Waals surface area contributed by atoms with E-state index in [0.29, 0.717) is 26.2 Å². The molecule has 0 saturated carbocycles. The SMILES string of the molecule is CS(=O)(=O)OCc1cccc(N2CCN(C(=O)O)CC2)c1. The molecule has 0 unspecified atom stereocenters. The van der Waals surface area contributed by atoms with Gasteiger partial charge in [0.15, 0.2) is 0 Å². The lowest BCUT2D eigenvalue weighted by molar-refractivity contribution is 0.142. The zero-order valence-electron chi connectivity index (χ0n) is 11.7. The lowest BCUT2D eigenvalue weighted by Gasteiger charge is -2.34. The van der Waals surface area contributed by atoms with Gasteiger partial charge in [-0.1, -0.05) is 12.1 Å². The second kappa shape index (κ2) is 6.31. The van der Waals surface area contributed by atoms with Crippen LogP contribution in [-0.2, 0) is 20.9 Å². The number of carbonyl (C=O) groups is 1. The first-order valence-electron chi connectivity index (χ1n) is 6.51. The summed E-state index contributed by atoms with van der Waals surface area (Å²) in [6.07, 6.45) is 0.118. The summed E-state index contributed by atoms with van der Waals surface area (Å²) in [7, 11) is -3.46.